The van der Waals surface area contributed by atoms with Gasteiger partial charge in [-0.1, -0.05) is 42.5 Å². The minimum Gasteiger partial charge on any atom is -0.497 e. The third kappa shape index (κ3) is 3.44. The van der Waals surface area contributed by atoms with E-state index in [9.17, 15) is 14.4 Å². The molecule has 1 heterocycles. The standard InChI is InChI=1S/C28H28N2O5/c1-34-16-8-11-23(35-2)21(13-16)29-26(31)22(12-15-6-4-3-5-7-15)30-27(32)24-17-9-10-18(20-14-19(17)20)25(24)28(30)33/h3-11,13,17-20,22,24-25H,12,14H2,1-2H3,(H,29,31)/t17-,18-,19-,20-,22-,24-,25+/m1/s1. The Morgan fingerprint density at radius 1 is 0.971 bits per heavy atom. The number of likely N-dealkylation sites (tertiary alicyclic amines) is 1. The van der Waals surface area contributed by atoms with Crippen LogP contribution in [0.4, 0.5) is 5.69 Å². The number of hydrogen-bond acceptors (Lipinski definition) is 5. The first-order valence-electron chi connectivity index (χ1n) is 12.1. The maximum Gasteiger partial charge on any atom is 0.248 e. The lowest BCUT2D eigenvalue weighted by molar-refractivity contribution is -0.146. The number of carbonyl (C=O) groups is 3. The van der Waals surface area contributed by atoms with Crippen LogP contribution >= 0.6 is 0 Å². The fourth-order valence-electron chi connectivity index (χ4n) is 6.55. The molecule has 7 nitrogen and oxygen atoms in total. The van der Waals surface area contributed by atoms with Gasteiger partial charge in [-0.15, -0.1) is 0 Å². The molecule has 7 rings (SSSR count). The van der Waals surface area contributed by atoms with Crippen LogP contribution in [-0.2, 0) is 20.8 Å². The molecule has 2 aromatic rings. The van der Waals surface area contributed by atoms with Crippen LogP contribution in [0.2, 0.25) is 0 Å². The summed E-state index contributed by atoms with van der Waals surface area (Å²) < 4.78 is 10.7. The quantitative estimate of drug-likeness (QED) is 0.494. The van der Waals surface area contributed by atoms with E-state index in [0.29, 0.717) is 29.0 Å². The molecule has 3 fully saturated rings. The van der Waals surface area contributed by atoms with Gasteiger partial charge in [0.2, 0.25) is 17.7 Å². The number of carbonyl (C=O) groups excluding carboxylic acids is 3. The number of rotatable bonds is 7. The van der Waals surface area contributed by atoms with Crippen molar-refractivity contribution in [2.24, 2.45) is 35.5 Å². The van der Waals surface area contributed by atoms with Crippen molar-refractivity contribution in [3.8, 4) is 11.5 Å². The Kier molecular flexibility index (Phi) is 5.16. The predicted molar refractivity (Wildman–Crippen MR) is 129 cm³/mol. The summed E-state index contributed by atoms with van der Waals surface area (Å²) in [6, 6.07) is 13.6. The Labute approximate surface area is 204 Å². The lowest BCUT2D eigenvalue weighted by atomic mass is 9.63. The summed E-state index contributed by atoms with van der Waals surface area (Å²) in [7, 11) is 3.06. The van der Waals surface area contributed by atoms with E-state index < -0.39 is 11.9 Å². The van der Waals surface area contributed by atoms with Crippen LogP contribution in [0, 0.1) is 35.5 Å². The molecule has 35 heavy (non-hydrogen) atoms. The molecule has 3 amide bonds. The van der Waals surface area contributed by atoms with Crippen LogP contribution in [0.15, 0.2) is 60.7 Å². The monoisotopic (exact) mass is 472 g/mol. The summed E-state index contributed by atoms with van der Waals surface area (Å²) in [5.74, 6) is 0.705. The van der Waals surface area contributed by atoms with Gasteiger partial charge in [0.25, 0.3) is 0 Å². The van der Waals surface area contributed by atoms with Crippen LogP contribution in [0.3, 0.4) is 0 Å². The van der Waals surface area contributed by atoms with E-state index in [-0.39, 0.29) is 41.9 Å². The highest BCUT2D eigenvalue weighted by atomic mass is 16.5. The van der Waals surface area contributed by atoms with Gasteiger partial charge in [0.15, 0.2) is 0 Å². The van der Waals surface area contributed by atoms with Crippen LogP contribution in [0.25, 0.3) is 0 Å². The molecular weight excluding hydrogens is 444 g/mol. The van der Waals surface area contributed by atoms with Gasteiger partial charge in [0.05, 0.1) is 31.7 Å². The molecule has 0 aromatic heterocycles. The molecule has 2 saturated carbocycles. The molecule has 7 atom stereocenters. The molecule has 2 bridgehead atoms. The smallest absolute Gasteiger partial charge is 0.248 e. The molecule has 1 N–H and O–H groups in total. The Hall–Kier alpha value is -3.61. The number of methoxy groups -OCH3 is 2. The van der Waals surface area contributed by atoms with Gasteiger partial charge in [-0.2, -0.15) is 0 Å². The Balaban J connectivity index is 1.34. The molecule has 180 valence electrons. The third-order valence-corrected chi connectivity index (χ3v) is 8.25. The Morgan fingerprint density at radius 3 is 2.23 bits per heavy atom. The minimum atomic E-state index is -0.963. The summed E-state index contributed by atoms with van der Waals surface area (Å²) in [5, 5.41) is 2.91. The minimum absolute atomic E-state index is 0.107. The molecule has 5 aliphatic rings. The summed E-state index contributed by atoms with van der Waals surface area (Å²) in [4.78, 5) is 42.5. The molecule has 1 aliphatic heterocycles. The fraction of sp³-hybridized carbons (Fsp3) is 0.393. The number of benzene rings is 2. The van der Waals surface area contributed by atoms with Crippen molar-refractivity contribution in [2.75, 3.05) is 19.5 Å². The number of amides is 3. The number of nitrogens with one attached hydrogen (secondary N) is 1. The van der Waals surface area contributed by atoms with Gasteiger partial charge < -0.3 is 14.8 Å². The molecule has 1 saturated heterocycles. The molecule has 2 aromatic carbocycles. The summed E-state index contributed by atoms with van der Waals surface area (Å²) in [6.45, 7) is 0. The number of hydrogen-bond donors (Lipinski definition) is 1. The fourth-order valence-corrected chi connectivity index (χ4v) is 6.55. The maximum atomic E-state index is 13.8. The third-order valence-electron chi connectivity index (χ3n) is 8.25. The first-order valence-corrected chi connectivity index (χ1v) is 12.1. The SMILES string of the molecule is COc1ccc(OC)c(NC(=O)[C@@H](Cc2ccccc2)N2C(=O)[C@@H]3[C@@H]4C=C[C@H]([C@H]5C[C@H]45)[C@@H]3C2=O)c1. The zero-order chi connectivity index (χ0) is 24.3. The van der Waals surface area contributed by atoms with Crippen molar-refractivity contribution in [2.45, 2.75) is 18.9 Å². The van der Waals surface area contributed by atoms with Gasteiger partial charge in [-0.25, -0.2) is 0 Å². The average Bonchev–Trinajstić information content (AvgIpc) is 3.66. The lowest BCUT2D eigenvalue weighted by Crippen LogP contribution is -2.49. The second-order valence-electron chi connectivity index (χ2n) is 9.96. The topological polar surface area (TPSA) is 84.9 Å². The number of nitrogens with zero attached hydrogens (tertiary/aromatic N) is 1. The second-order valence-corrected chi connectivity index (χ2v) is 9.96. The Bertz CT molecular complexity index is 1190. The van der Waals surface area contributed by atoms with Gasteiger partial charge in [-0.3, -0.25) is 19.3 Å². The van der Waals surface area contributed by atoms with Crippen LogP contribution < -0.4 is 14.8 Å². The van der Waals surface area contributed by atoms with Crippen LogP contribution in [0.5, 0.6) is 11.5 Å². The number of anilines is 1. The predicted octanol–water partition coefficient (Wildman–Crippen LogP) is 3.31. The van der Waals surface area contributed by atoms with E-state index in [0.717, 1.165) is 12.0 Å². The van der Waals surface area contributed by atoms with E-state index in [1.807, 2.05) is 30.3 Å². The molecule has 4 aliphatic carbocycles. The largest absolute Gasteiger partial charge is 0.497 e. The first kappa shape index (κ1) is 21.9. The van der Waals surface area contributed by atoms with E-state index in [1.165, 1.54) is 12.0 Å². The van der Waals surface area contributed by atoms with Crippen molar-refractivity contribution in [3.63, 3.8) is 0 Å². The lowest BCUT2D eigenvalue weighted by Gasteiger charge is -2.37. The van der Waals surface area contributed by atoms with E-state index in [2.05, 4.69) is 17.5 Å². The highest BCUT2D eigenvalue weighted by Crippen LogP contribution is 2.65. The van der Waals surface area contributed by atoms with Gasteiger partial charge in [-0.05, 0) is 47.8 Å². The summed E-state index contributed by atoms with van der Waals surface area (Å²) in [5.41, 5.74) is 1.30. The highest BCUT2D eigenvalue weighted by Gasteiger charge is 2.67. The Morgan fingerprint density at radius 2 is 1.63 bits per heavy atom. The van der Waals surface area contributed by atoms with E-state index >= 15 is 0 Å². The van der Waals surface area contributed by atoms with Gasteiger partial charge in [0, 0.05) is 12.5 Å². The van der Waals surface area contributed by atoms with Crippen molar-refractivity contribution in [3.05, 3.63) is 66.2 Å². The van der Waals surface area contributed by atoms with Crippen LogP contribution in [0.1, 0.15) is 12.0 Å². The van der Waals surface area contributed by atoms with Gasteiger partial charge in [0.1, 0.15) is 17.5 Å². The highest BCUT2D eigenvalue weighted by molar-refractivity contribution is 6.11. The average molecular weight is 473 g/mol. The van der Waals surface area contributed by atoms with E-state index in [4.69, 9.17) is 9.47 Å². The van der Waals surface area contributed by atoms with Crippen molar-refractivity contribution in [1.29, 1.82) is 0 Å². The number of allylic oxidation sites excluding steroid dienone is 2. The van der Waals surface area contributed by atoms with Gasteiger partial charge >= 0.3 is 0 Å². The zero-order valence-electron chi connectivity index (χ0n) is 19.7. The normalized spacial score (nSPS) is 30.5. The summed E-state index contributed by atoms with van der Waals surface area (Å²) in [6.07, 6.45) is 5.62. The molecule has 0 unspecified atom stereocenters. The van der Waals surface area contributed by atoms with Crippen molar-refractivity contribution >= 4 is 23.4 Å². The van der Waals surface area contributed by atoms with E-state index in [1.54, 1.807) is 25.3 Å². The summed E-state index contributed by atoms with van der Waals surface area (Å²) >= 11 is 0. The van der Waals surface area contributed by atoms with Crippen molar-refractivity contribution < 1.29 is 23.9 Å². The molecule has 0 spiro atoms. The first-order chi connectivity index (χ1) is 17.0. The molecular formula is C28H28N2O5. The molecule has 7 heteroatoms. The number of ether oxygens (including phenoxy) is 2. The molecule has 0 radical (unpaired) electrons. The number of imide groups is 1. The van der Waals surface area contributed by atoms with Crippen molar-refractivity contribution in [1.82, 2.24) is 4.90 Å². The zero-order valence-corrected chi connectivity index (χ0v) is 19.7. The maximum absolute atomic E-state index is 13.8. The van der Waals surface area contributed by atoms with Crippen LogP contribution in [-0.4, -0.2) is 42.9 Å². The second kappa shape index (κ2) is 8.26.